The Morgan fingerprint density at radius 3 is 2.96 bits per heavy atom. The molecule has 0 atom stereocenters. The van der Waals surface area contributed by atoms with Crippen molar-refractivity contribution >= 4 is 17.7 Å². The normalized spacial score (nSPS) is 10.6. The smallest absolute Gasteiger partial charge is 0.232 e. The molecule has 2 aromatic rings. The number of thioether (sulfide) groups is 1. The second-order valence-corrected chi connectivity index (χ2v) is 6.26. The SMILES string of the molecule is Cc1cccc(OCCCN(C)C(=O)CSc2ncn[nH]2)c1C. The molecule has 1 aromatic heterocycles. The van der Waals surface area contributed by atoms with Gasteiger partial charge in [-0.05, 0) is 37.5 Å². The van der Waals surface area contributed by atoms with Crippen LogP contribution in [0.2, 0.25) is 0 Å². The van der Waals surface area contributed by atoms with Gasteiger partial charge in [-0.3, -0.25) is 9.89 Å². The maximum Gasteiger partial charge on any atom is 0.232 e. The molecule has 23 heavy (non-hydrogen) atoms. The molecule has 0 unspecified atom stereocenters. The first-order valence-corrected chi connectivity index (χ1v) is 8.47. The molecular weight excluding hydrogens is 312 g/mol. The number of aromatic amines is 1. The highest BCUT2D eigenvalue weighted by Gasteiger charge is 2.10. The molecule has 2 rings (SSSR count). The van der Waals surface area contributed by atoms with Crippen LogP contribution < -0.4 is 4.74 Å². The molecule has 0 saturated carbocycles. The van der Waals surface area contributed by atoms with Crippen molar-refractivity contribution in [3.63, 3.8) is 0 Å². The number of nitrogens with zero attached hydrogens (tertiary/aromatic N) is 3. The molecule has 1 N–H and O–H groups in total. The van der Waals surface area contributed by atoms with E-state index in [1.54, 1.807) is 11.9 Å². The van der Waals surface area contributed by atoms with Crippen LogP contribution in [0.15, 0.2) is 29.7 Å². The predicted octanol–water partition coefficient (Wildman–Crippen LogP) is 2.44. The molecule has 0 aliphatic carbocycles. The lowest BCUT2D eigenvalue weighted by Crippen LogP contribution is -2.30. The summed E-state index contributed by atoms with van der Waals surface area (Å²) in [7, 11) is 1.81. The summed E-state index contributed by atoms with van der Waals surface area (Å²) in [4.78, 5) is 17.7. The number of benzene rings is 1. The van der Waals surface area contributed by atoms with E-state index in [1.165, 1.54) is 29.2 Å². The Morgan fingerprint density at radius 2 is 2.22 bits per heavy atom. The summed E-state index contributed by atoms with van der Waals surface area (Å²) in [6.45, 7) is 5.39. The van der Waals surface area contributed by atoms with Crippen molar-refractivity contribution in [2.75, 3.05) is 26.0 Å². The summed E-state index contributed by atoms with van der Waals surface area (Å²) in [5.74, 6) is 1.33. The van der Waals surface area contributed by atoms with Gasteiger partial charge in [-0.15, -0.1) is 0 Å². The number of hydrogen-bond donors (Lipinski definition) is 1. The molecule has 1 aromatic carbocycles. The Morgan fingerprint density at radius 1 is 1.39 bits per heavy atom. The highest BCUT2D eigenvalue weighted by atomic mass is 32.2. The van der Waals surface area contributed by atoms with Crippen LogP contribution in [0.1, 0.15) is 17.5 Å². The Balaban J connectivity index is 1.67. The van der Waals surface area contributed by atoms with E-state index in [0.29, 0.717) is 24.1 Å². The second kappa shape index (κ2) is 8.57. The average Bonchev–Trinajstić information content (AvgIpc) is 3.06. The number of aromatic nitrogens is 3. The first kappa shape index (κ1) is 17.3. The molecule has 0 bridgehead atoms. The molecule has 7 heteroatoms. The third kappa shape index (κ3) is 5.28. The highest BCUT2D eigenvalue weighted by Crippen LogP contribution is 2.20. The van der Waals surface area contributed by atoms with E-state index in [9.17, 15) is 4.79 Å². The molecule has 1 amide bonds. The quantitative estimate of drug-likeness (QED) is 0.593. The van der Waals surface area contributed by atoms with Crippen LogP contribution in [0.25, 0.3) is 0 Å². The van der Waals surface area contributed by atoms with Crippen LogP contribution in [0.3, 0.4) is 0 Å². The van der Waals surface area contributed by atoms with E-state index >= 15 is 0 Å². The van der Waals surface area contributed by atoms with E-state index < -0.39 is 0 Å². The topological polar surface area (TPSA) is 71.1 Å². The summed E-state index contributed by atoms with van der Waals surface area (Å²) in [6, 6.07) is 6.04. The number of H-pyrrole nitrogens is 1. The summed E-state index contributed by atoms with van der Waals surface area (Å²) in [5, 5.41) is 7.13. The molecule has 0 spiro atoms. The number of carbonyl (C=O) groups excluding carboxylic acids is 1. The van der Waals surface area contributed by atoms with E-state index in [-0.39, 0.29) is 5.91 Å². The first-order chi connectivity index (χ1) is 11.1. The lowest BCUT2D eigenvalue weighted by molar-refractivity contribution is -0.127. The predicted molar refractivity (Wildman–Crippen MR) is 90.8 cm³/mol. The minimum Gasteiger partial charge on any atom is -0.493 e. The van der Waals surface area contributed by atoms with Gasteiger partial charge in [-0.25, -0.2) is 4.98 Å². The van der Waals surface area contributed by atoms with Crippen molar-refractivity contribution in [3.8, 4) is 5.75 Å². The largest absolute Gasteiger partial charge is 0.493 e. The molecule has 0 aliphatic rings. The van der Waals surface area contributed by atoms with Gasteiger partial charge in [0.1, 0.15) is 12.1 Å². The van der Waals surface area contributed by atoms with Crippen LogP contribution >= 0.6 is 11.8 Å². The van der Waals surface area contributed by atoms with Crippen molar-refractivity contribution < 1.29 is 9.53 Å². The van der Waals surface area contributed by atoms with E-state index in [1.807, 2.05) is 12.1 Å². The molecule has 0 saturated heterocycles. The van der Waals surface area contributed by atoms with Crippen molar-refractivity contribution in [1.29, 1.82) is 0 Å². The Bertz CT molecular complexity index is 631. The molecule has 0 fully saturated rings. The van der Waals surface area contributed by atoms with Crippen LogP contribution in [0.4, 0.5) is 0 Å². The Hall–Kier alpha value is -2.02. The molecule has 0 aliphatic heterocycles. The Kier molecular flexibility index (Phi) is 6.46. The van der Waals surface area contributed by atoms with Gasteiger partial charge < -0.3 is 9.64 Å². The zero-order valence-corrected chi connectivity index (χ0v) is 14.5. The van der Waals surface area contributed by atoms with Crippen molar-refractivity contribution in [2.24, 2.45) is 0 Å². The highest BCUT2D eigenvalue weighted by molar-refractivity contribution is 7.99. The summed E-state index contributed by atoms with van der Waals surface area (Å²) in [5.41, 5.74) is 2.39. The van der Waals surface area contributed by atoms with Gasteiger partial charge in [0.15, 0.2) is 5.16 Å². The minimum absolute atomic E-state index is 0.0677. The summed E-state index contributed by atoms with van der Waals surface area (Å²) >= 11 is 1.35. The number of ether oxygens (including phenoxy) is 1. The summed E-state index contributed by atoms with van der Waals surface area (Å²) < 4.78 is 5.80. The van der Waals surface area contributed by atoms with E-state index in [2.05, 4.69) is 35.1 Å². The molecule has 124 valence electrons. The fraction of sp³-hybridized carbons (Fsp3) is 0.438. The fourth-order valence-electron chi connectivity index (χ4n) is 1.99. The zero-order chi connectivity index (χ0) is 16.7. The van der Waals surface area contributed by atoms with Gasteiger partial charge in [0.25, 0.3) is 0 Å². The standard InChI is InChI=1S/C16H22N4O2S/c1-12-6-4-7-14(13(12)2)22-9-5-8-20(3)15(21)10-23-16-17-11-18-19-16/h4,6-7,11H,5,8-10H2,1-3H3,(H,17,18,19). The van der Waals surface area contributed by atoms with Gasteiger partial charge in [0, 0.05) is 13.6 Å². The number of nitrogens with one attached hydrogen (secondary N) is 1. The molecular formula is C16H22N4O2S. The van der Waals surface area contributed by atoms with Crippen LogP contribution in [0, 0.1) is 13.8 Å². The molecule has 6 nitrogen and oxygen atoms in total. The number of hydrogen-bond acceptors (Lipinski definition) is 5. The second-order valence-electron chi connectivity index (χ2n) is 5.29. The van der Waals surface area contributed by atoms with Gasteiger partial charge in [-0.1, -0.05) is 23.9 Å². The van der Waals surface area contributed by atoms with Gasteiger partial charge in [0.2, 0.25) is 5.91 Å². The van der Waals surface area contributed by atoms with Crippen LogP contribution in [0.5, 0.6) is 5.75 Å². The lowest BCUT2D eigenvalue weighted by atomic mass is 10.1. The number of carbonyl (C=O) groups is 1. The van der Waals surface area contributed by atoms with Gasteiger partial charge in [-0.2, -0.15) is 5.10 Å². The number of amides is 1. The first-order valence-electron chi connectivity index (χ1n) is 7.49. The van der Waals surface area contributed by atoms with Crippen LogP contribution in [-0.4, -0.2) is 51.9 Å². The van der Waals surface area contributed by atoms with Crippen molar-refractivity contribution in [3.05, 3.63) is 35.7 Å². The number of aryl methyl sites for hydroxylation is 1. The fourth-order valence-corrected chi connectivity index (χ4v) is 2.71. The monoisotopic (exact) mass is 334 g/mol. The van der Waals surface area contributed by atoms with Gasteiger partial charge in [0.05, 0.1) is 12.4 Å². The third-order valence-electron chi connectivity index (χ3n) is 3.60. The van der Waals surface area contributed by atoms with Crippen LogP contribution in [-0.2, 0) is 4.79 Å². The number of rotatable bonds is 8. The molecule has 1 heterocycles. The molecule has 0 radical (unpaired) electrons. The van der Waals surface area contributed by atoms with E-state index in [0.717, 1.165) is 12.2 Å². The average molecular weight is 334 g/mol. The van der Waals surface area contributed by atoms with Crippen molar-refractivity contribution in [2.45, 2.75) is 25.4 Å². The van der Waals surface area contributed by atoms with Crippen molar-refractivity contribution in [1.82, 2.24) is 20.1 Å². The maximum absolute atomic E-state index is 12.0. The third-order valence-corrected chi connectivity index (χ3v) is 4.46. The maximum atomic E-state index is 12.0. The lowest BCUT2D eigenvalue weighted by Gasteiger charge is -2.17. The van der Waals surface area contributed by atoms with E-state index in [4.69, 9.17) is 4.74 Å². The minimum atomic E-state index is 0.0677. The Labute approximate surface area is 140 Å². The van der Waals surface area contributed by atoms with Gasteiger partial charge >= 0.3 is 0 Å². The zero-order valence-electron chi connectivity index (χ0n) is 13.7. The summed E-state index contributed by atoms with van der Waals surface area (Å²) in [6.07, 6.45) is 2.23.